The van der Waals surface area contributed by atoms with Crippen molar-refractivity contribution in [2.75, 3.05) is 12.3 Å². The van der Waals surface area contributed by atoms with Crippen LogP contribution in [0.15, 0.2) is 59.5 Å². The number of sulfone groups is 1. The predicted octanol–water partition coefficient (Wildman–Crippen LogP) is 4.04. The van der Waals surface area contributed by atoms with Crippen LogP contribution in [0.5, 0.6) is 0 Å². The number of carbonyl (C=O) groups is 1. The van der Waals surface area contributed by atoms with Gasteiger partial charge in [0.25, 0.3) is 0 Å². The smallest absolute Gasteiger partial charge is 0.408 e. The molecule has 5 N–H and O–H groups in total. The Balaban J connectivity index is 2.64. The number of hydrogen-bond donors (Lipinski definition) is 4. The molecule has 0 saturated heterocycles. The maximum absolute atomic E-state index is 14.0. The summed E-state index contributed by atoms with van der Waals surface area (Å²) in [5.74, 6) is 0. The molecule has 9 nitrogen and oxygen atoms in total. The quantitative estimate of drug-likeness (QED) is 0.292. The standard InChI is InChI=1S/C28H40N4O5S/c1-27(2,3)32(26(34)35)23(17-20-11-7-6-8-12-20)24(33)25(31-19-28(4,5)15-10-16-29)38(36,37)22-14-9-13-21(30)18-22/h6-9,11-14,18,23-25,31,33H,10,15,17,19,30H2,1-5H3,(H,34,35)/t23-,24+,25?/m0/s1. The summed E-state index contributed by atoms with van der Waals surface area (Å²) in [6.07, 6.45) is -2.03. The third-order valence-electron chi connectivity index (χ3n) is 6.47. The molecule has 0 bridgehead atoms. The number of aliphatic hydroxyl groups excluding tert-OH is 1. The van der Waals surface area contributed by atoms with Crippen molar-refractivity contribution < 1.29 is 23.4 Å². The Morgan fingerprint density at radius 3 is 2.26 bits per heavy atom. The molecule has 0 heterocycles. The van der Waals surface area contributed by atoms with Crippen LogP contribution in [-0.4, -0.2) is 59.2 Å². The minimum Gasteiger partial charge on any atom is -0.465 e. The van der Waals surface area contributed by atoms with Gasteiger partial charge < -0.3 is 15.9 Å². The van der Waals surface area contributed by atoms with E-state index < -0.39 is 44.4 Å². The van der Waals surface area contributed by atoms with Crippen LogP contribution < -0.4 is 11.1 Å². The number of nitriles is 1. The number of amides is 1. The molecule has 2 aromatic rings. The van der Waals surface area contributed by atoms with Gasteiger partial charge in [0.05, 0.1) is 17.0 Å². The SMILES string of the molecule is CC(C)(CCC#N)CNC([C@H](O)[C@H](Cc1ccccc1)N(C(=O)O)C(C)(C)C)S(=O)(=O)c1cccc(N)c1. The van der Waals surface area contributed by atoms with Crippen LogP contribution in [0.2, 0.25) is 0 Å². The molecular formula is C28H40N4O5S. The van der Waals surface area contributed by atoms with Gasteiger partial charge in [0.15, 0.2) is 9.84 Å². The van der Waals surface area contributed by atoms with E-state index in [2.05, 4.69) is 11.4 Å². The van der Waals surface area contributed by atoms with Crippen LogP contribution >= 0.6 is 0 Å². The van der Waals surface area contributed by atoms with Crippen LogP contribution in [0.3, 0.4) is 0 Å². The second-order valence-electron chi connectivity index (χ2n) is 11.3. The minimum atomic E-state index is -4.23. The summed E-state index contributed by atoms with van der Waals surface area (Å²) < 4.78 is 27.9. The largest absolute Gasteiger partial charge is 0.465 e. The van der Waals surface area contributed by atoms with Gasteiger partial charge in [0, 0.05) is 24.2 Å². The second kappa shape index (κ2) is 12.6. The maximum Gasteiger partial charge on any atom is 0.408 e. The summed E-state index contributed by atoms with van der Waals surface area (Å²) in [5.41, 5.74) is 5.46. The van der Waals surface area contributed by atoms with E-state index in [-0.39, 0.29) is 30.0 Å². The zero-order chi connectivity index (χ0) is 28.7. The van der Waals surface area contributed by atoms with Gasteiger partial charge in [0.1, 0.15) is 11.5 Å². The highest BCUT2D eigenvalue weighted by atomic mass is 32.2. The number of anilines is 1. The Hall–Kier alpha value is -3.13. The first-order valence-electron chi connectivity index (χ1n) is 12.5. The van der Waals surface area contributed by atoms with Gasteiger partial charge in [-0.25, -0.2) is 13.2 Å². The number of nitrogen functional groups attached to an aromatic ring is 1. The Kier molecular flexibility index (Phi) is 10.3. The topological polar surface area (TPSA) is 157 Å². The fourth-order valence-corrected chi connectivity index (χ4v) is 6.17. The molecule has 0 aliphatic carbocycles. The molecule has 2 rings (SSSR count). The van der Waals surface area contributed by atoms with Crippen molar-refractivity contribution >= 4 is 21.6 Å². The van der Waals surface area contributed by atoms with Crippen LogP contribution in [0.4, 0.5) is 10.5 Å². The van der Waals surface area contributed by atoms with E-state index in [1.165, 1.54) is 18.2 Å². The number of carboxylic acid groups (broad SMARTS) is 1. The number of nitrogens with two attached hydrogens (primary N) is 1. The summed E-state index contributed by atoms with van der Waals surface area (Å²) in [5, 5.41) is 32.5. The normalized spacial score (nSPS) is 14.8. The number of hydrogen-bond acceptors (Lipinski definition) is 7. The van der Waals surface area contributed by atoms with Gasteiger partial charge >= 0.3 is 6.09 Å². The molecule has 0 aliphatic heterocycles. The van der Waals surface area contributed by atoms with Gasteiger partial charge in [-0.05, 0) is 62.8 Å². The molecule has 0 fully saturated rings. The van der Waals surface area contributed by atoms with Crippen molar-refractivity contribution in [3.63, 3.8) is 0 Å². The van der Waals surface area contributed by atoms with Crippen LogP contribution in [0.1, 0.15) is 53.0 Å². The van der Waals surface area contributed by atoms with E-state index in [1.54, 1.807) is 39.0 Å². The molecule has 3 atom stereocenters. The van der Waals surface area contributed by atoms with Crippen LogP contribution in [0, 0.1) is 16.7 Å². The molecule has 0 spiro atoms. The summed E-state index contributed by atoms with van der Waals surface area (Å²) >= 11 is 0. The summed E-state index contributed by atoms with van der Waals surface area (Å²) in [7, 11) is -4.23. The summed E-state index contributed by atoms with van der Waals surface area (Å²) in [6.45, 7) is 9.06. The van der Waals surface area contributed by atoms with Gasteiger partial charge in [-0.1, -0.05) is 50.2 Å². The molecule has 0 aromatic heterocycles. The number of benzene rings is 2. The molecular weight excluding hydrogens is 504 g/mol. The molecule has 2 aromatic carbocycles. The number of rotatable bonds is 12. The summed E-state index contributed by atoms with van der Waals surface area (Å²) in [6, 6.07) is 15.8. The monoisotopic (exact) mass is 544 g/mol. The highest BCUT2D eigenvalue weighted by Crippen LogP contribution is 2.29. The molecule has 0 saturated carbocycles. The predicted molar refractivity (Wildman–Crippen MR) is 148 cm³/mol. The van der Waals surface area contributed by atoms with Gasteiger partial charge in [-0.3, -0.25) is 10.2 Å². The van der Waals surface area contributed by atoms with E-state index >= 15 is 0 Å². The molecule has 0 radical (unpaired) electrons. The zero-order valence-corrected chi connectivity index (χ0v) is 23.6. The number of aliphatic hydroxyl groups is 1. The highest BCUT2D eigenvalue weighted by molar-refractivity contribution is 7.92. The second-order valence-corrected chi connectivity index (χ2v) is 13.4. The van der Waals surface area contributed by atoms with Gasteiger partial charge in [0.2, 0.25) is 0 Å². The molecule has 38 heavy (non-hydrogen) atoms. The van der Waals surface area contributed by atoms with Crippen LogP contribution in [-0.2, 0) is 16.3 Å². The van der Waals surface area contributed by atoms with E-state index in [9.17, 15) is 23.4 Å². The number of nitrogens with zero attached hydrogens (tertiary/aromatic N) is 2. The molecule has 0 aliphatic rings. The fourth-order valence-electron chi connectivity index (χ4n) is 4.46. The molecule has 10 heteroatoms. The Bertz CT molecular complexity index is 1220. The minimum absolute atomic E-state index is 0.0834. The van der Waals surface area contributed by atoms with Gasteiger partial charge in [-0.15, -0.1) is 0 Å². The Labute approximate surface area is 226 Å². The molecule has 208 valence electrons. The zero-order valence-electron chi connectivity index (χ0n) is 22.8. The lowest BCUT2D eigenvalue weighted by atomic mass is 9.87. The van der Waals surface area contributed by atoms with Crippen molar-refractivity contribution in [3.8, 4) is 6.07 Å². The third kappa shape index (κ3) is 8.18. The maximum atomic E-state index is 14.0. The summed E-state index contributed by atoms with van der Waals surface area (Å²) in [4.78, 5) is 13.5. The molecule has 1 amide bonds. The number of nitrogens with one attached hydrogen (secondary N) is 1. The average Bonchev–Trinajstić information content (AvgIpc) is 2.81. The van der Waals surface area contributed by atoms with Crippen molar-refractivity contribution in [1.29, 1.82) is 5.26 Å². The van der Waals surface area contributed by atoms with Crippen LogP contribution in [0.25, 0.3) is 0 Å². The first-order chi connectivity index (χ1) is 17.6. The first kappa shape index (κ1) is 31.1. The van der Waals surface area contributed by atoms with Crippen molar-refractivity contribution in [3.05, 3.63) is 60.2 Å². The Morgan fingerprint density at radius 2 is 1.74 bits per heavy atom. The lowest BCUT2D eigenvalue weighted by Gasteiger charge is -2.43. The average molecular weight is 545 g/mol. The third-order valence-corrected chi connectivity index (χ3v) is 8.49. The van der Waals surface area contributed by atoms with Crippen molar-refractivity contribution in [1.82, 2.24) is 10.2 Å². The molecule has 1 unspecified atom stereocenters. The van der Waals surface area contributed by atoms with E-state index in [1.807, 2.05) is 32.0 Å². The lowest BCUT2D eigenvalue weighted by molar-refractivity contribution is 0.00138. The van der Waals surface area contributed by atoms with E-state index in [0.29, 0.717) is 6.42 Å². The van der Waals surface area contributed by atoms with Gasteiger partial charge in [-0.2, -0.15) is 5.26 Å². The lowest BCUT2D eigenvalue weighted by Crippen LogP contribution is -2.62. The van der Waals surface area contributed by atoms with Crippen molar-refractivity contribution in [2.45, 2.75) is 81.8 Å². The van der Waals surface area contributed by atoms with E-state index in [4.69, 9.17) is 11.0 Å². The van der Waals surface area contributed by atoms with E-state index in [0.717, 1.165) is 10.5 Å². The highest BCUT2D eigenvalue weighted by Gasteiger charge is 2.45. The fraction of sp³-hybridized carbons (Fsp3) is 0.500. The first-order valence-corrected chi connectivity index (χ1v) is 14.1. The Morgan fingerprint density at radius 1 is 1.11 bits per heavy atom. The van der Waals surface area contributed by atoms with Crippen molar-refractivity contribution in [2.24, 2.45) is 5.41 Å².